The van der Waals surface area contributed by atoms with E-state index >= 15 is 0 Å². The quantitative estimate of drug-likeness (QED) is 0.298. The van der Waals surface area contributed by atoms with E-state index in [0.717, 1.165) is 0 Å². The number of aliphatic hydroxyl groups excluding tert-OH is 2. The van der Waals surface area contributed by atoms with Gasteiger partial charge in [0.25, 0.3) is 0 Å². The summed E-state index contributed by atoms with van der Waals surface area (Å²) in [5, 5.41) is 20.4. The molecule has 2 rings (SSSR count). The molecular weight excluding hydrogens is 566 g/mol. The molecule has 0 aliphatic carbocycles. The van der Waals surface area contributed by atoms with E-state index in [2.05, 4.69) is 0 Å². The van der Waals surface area contributed by atoms with Gasteiger partial charge in [-0.2, -0.15) is 0 Å². The normalized spacial score (nSPS) is 34.5. The third kappa shape index (κ3) is 13.6. The molecular formula is C26H54O12P2. The fraction of sp³-hybridized carbons (Fsp3) is 1.00. The monoisotopic (exact) mass is 620 g/mol. The second kappa shape index (κ2) is 16.8. The zero-order chi connectivity index (χ0) is 31.0. The van der Waals surface area contributed by atoms with Gasteiger partial charge in [-0.1, -0.05) is 0 Å². The van der Waals surface area contributed by atoms with E-state index in [9.17, 15) is 19.3 Å². The maximum atomic E-state index is 12.3. The van der Waals surface area contributed by atoms with Gasteiger partial charge in [-0.15, -0.1) is 0 Å². The molecule has 0 aromatic heterocycles. The molecule has 240 valence electrons. The van der Waals surface area contributed by atoms with E-state index in [-0.39, 0.29) is 24.4 Å². The van der Waals surface area contributed by atoms with Gasteiger partial charge in [0.2, 0.25) is 0 Å². The zero-order valence-corrected chi connectivity index (χ0v) is 28.0. The number of aliphatic hydroxyl groups is 2. The fourth-order valence-electron chi connectivity index (χ4n) is 4.31. The van der Waals surface area contributed by atoms with Gasteiger partial charge in [0.1, 0.15) is 36.6 Å². The molecule has 2 fully saturated rings. The van der Waals surface area contributed by atoms with Crippen LogP contribution in [0, 0.1) is 0 Å². The van der Waals surface area contributed by atoms with Gasteiger partial charge in [-0.25, -0.2) is 0 Å². The molecule has 0 spiro atoms. The highest BCUT2D eigenvalue weighted by molar-refractivity contribution is 7.53. The first-order chi connectivity index (χ1) is 18.2. The number of ether oxygens (including phenoxy) is 4. The van der Waals surface area contributed by atoms with Crippen LogP contribution in [0.1, 0.15) is 69.2 Å². The summed E-state index contributed by atoms with van der Waals surface area (Å²) in [6, 6.07) is 0. The number of rotatable bonds is 12. The highest BCUT2D eigenvalue weighted by Gasteiger charge is 2.44. The molecule has 2 saturated heterocycles. The Bertz CT molecular complexity index is 758. The smallest absolute Gasteiger partial charge is 0.328 e. The van der Waals surface area contributed by atoms with Crippen molar-refractivity contribution in [3.63, 3.8) is 0 Å². The Kier molecular flexibility index (Phi) is 16.0. The standard InChI is InChI=1S/2C13H27O6P/c2*1-8(2)17-11-7-16-10(5)12(14)13(11)19-20(6,15)18-9(3)4/h2*8-14H,7H2,1-6H3. The Morgan fingerprint density at radius 2 is 0.925 bits per heavy atom. The first kappa shape index (κ1) is 38.1. The lowest BCUT2D eigenvalue weighted by molar-refractivity contribution is -0.199. The zero-order valence-electron chi connectivity index (χ0n) is 26.2. The Balaban J connectivity index is 0.000000400. The van der Waals surface area contributed by atoms with Gasteiger partial charge in [0.05, 0.1) is 49.8 Å². The minimum Gasteiger partial charge on any atom is -0.388 e. The van der Waals surface area contributed by atoms with Crippen molar-refractivity contribution < 1.29 is 56.4 Å². The molecule has 14 heteroatoms. The van der Waals surface area contributed by atoms with E-state index in [0.29, 0.717) is 13.2 Å². The van der Waals surface area contributed by atoms with Crippen molar-refractivity contribution in [1.29, 1.82) is 0 Å². The molecule has 0 aromatic carbocycles. The molecule has 2 heterocycles. The fourth-order valence-corrected chi connectivity index (χ4v) is 7.34. The Morgan fingerprint density at radius 3 is 1.18 bits per heavy atom. The highest BCUT2D eigenvalue weighted by atomic mass is 31.2. The Morgan fingerprint density at radius 1 is 0.625 bits per heavy atom. The van der Waals surface area contributed by atoms with Crippen LogP contribution in [-0.4, -0.2) is 110 Å². The SMILES string of the molecule is CC(C)OC1COC(C)C(O)C1OP(C)(=O)OC(C)C.CC(C)OC1COC(C)C(O)C1OP(C)(=O)OC(C)C. The van der Waals surface area contributed by atoms with Crippen molar-refractivity contribution in [3.8, 4) is 0 Å². The summed E-state index contributed by atoms with van der Waals surface area (Å²) in [5.41, 5.74) is 0. The summed E-state index contributed by atoms with van der Waals surface area (Å²) in [4.78, 5) is 0. The highest BCUT2D eigenvalue weighted by Crippen LogP contribution is 2.49. The lowest BCUT2D eigenvalue weighted by atomic mass is 10.0. The summed E-state index contributed by atoms with van der Waals surface area (Å²) in [5.74, 6) is 0. The summed E-state index contributed by atoms with van der Waals surface area (Å²) in [6.45, 7) is 21.6. The first-order valence-corrected chi connectivity index (χ1v) is 18.0. The molecule has 0 amide bonds. The van der Waals surface area contributed by atoms with E-state index in [1.54, 1.807) is 41.5 Å². The van der Waals surface area contributed by atoms with Gasteiger partial charge in [0.15, 0.2) is 0 Å². The Labute approximate surface area is 240 Å². The molecule has 0 saturated carbocycles. The number of hydrogen-bond donors (Lipinski definition) is 2. The van der Waals surface area contributed by atoms with Crippen LogP contribution in [0.2, 0.25) is 0 Å². The van der Waals surface area contributed by atoms with Gasteiger partial charge in [-0.05, 0) is 69.2 Å². The molecule has 0 bridgehead atoms. The lowest BCUT2D eigenvalue weighted by Crippen LogP contribution is -2.54. The molecule has 40 heavy (non-hydrogen) atoms. The second-order valence-corrected chi connectivity index (χ2v) is 15.4. The summed E-state index contributed by atoms with van der Waals surface area (Å²) >= 11 is 0. The predicted octanol–water partition coefficient (Wildman–Crippen LogP) is 4.39. The number of hydrogen-bond acceptors (Lipinski definition) is 12. The van der Waals surface area contributed by atoms with Crippen molar-refractivity contribution in [2.45, 2.75) is 142 Å². The first-order valence-electron chi connectivity index (χ1n) is 14.0. The van der Waals surface area contributed by atoms with Crippen LogP contribution in [0.4, 0.5) is 0 Å². The van der Waals surface area contributed by atoms with Crippen LogP contribution in [0.25, 0.3) is 0 Å². The largest absolute Gasteiger partial charge is 0.388 e. The molecule has 10 unspecified atom stereocenters. The van der Waals surface area contributed by atoms with E-state index in [4.69, 9.17) is 37.0 Å². The van der Waals surface area contributed by atoms with Crippen LogP contribution >= 0.6 is 15.2 Å². The topological polar surface area (TPSA) is 148 Å². The molecule has 2 aliphatic rings. The summed E-state index contributed by atoms with van der Waals surface area (Å²) in [6.07, 6.45) is -5.52. The van der Waals surface area contributed by atoms with Crippen LogP contribution in [0.15, 0.2) is 0 Å². The van der Waals surface area contributed by atoms with Crippen molar-refractivity contribution in [2.75, 3.05) is 26.5 Å². The van der Waals surface area contributed by atoms with Crippen LogP contribution in [0.3, 0.4) is 0 Å². The van der Waals surface area contributed by atoms with Crippen LogP contribution in [0.5, 0.6) is 0 Å². The summed E-state index contributed by atoms with van der Waals surface area (Å²) < 4.78 is 68.6. The van der Waals surface area contributed by atoms with Gasteiger partial charge >= 0.3 is 15.2 Å². The minimum absolute atomic E-state index is 0.0439. The van der Waals surface area contributed by atoms with E-state index in [1.165, 1.54) is 13.3 Å². The molecule has 2 N–H and O–H groups in total. The molecule has 2 aliphatic heterocycles. The molecule has 10 atom stereocenters. The van der Waals surface area contributed by atoms with Crippen molar-refractivity contribution in [2.24, 2.45) is 0 Å². The maximum absolute atomic E-state index is 12.3. The van der Waals surface area contributed by atoms with Gasteiger partial charge in [0, 0.05) is 13.3 Å². The predicted molar refractivity (Wildman–Crippen MR) is 152 cm³/mol. The maximum Gasteiger partial charge on any atom is 0.328 e. The lowest BCUT2D eigenvalue weighted by Gasteiger charge is -2.40. The minimum atomic E-state index is -3.26. The van der Waals surface area contributed by atoms with Crippen molar-refractivity contribution >= 4 is 15.2 Å². The average molecular weight is 621 g/mol. The van der Waals surface area contributed by atoms with Gasteiger partial charge in [-0.3, -0.25) is 18.2 Å². The van der Waals surface area contributed by atoms with Crippen LogP contribution in [-0.2, 0) is 46.2 Å². The van der Waals surface area contributed by atoms with Crippen LogP contribution < -0.4 is 0 Å². The molecule has 12 nitrogen and oxygen atoms in total. The third-order valence-corrected chi connectivity index (χ3v) is 8.60. The van der Waals surface area contributed by atoms with E-state index < -0.39 is 64.0 Å². The van der Waals surface area contributed by atoms with Crippen molar-refractivity contribution in [1.82, 2.24) is 0 Å². The molecule has 0 radical (unpaired) electrons. The molecule has 0 aromatic rings. The third-order valence-electron chi connectivity index (χ3n) is 5.74. The van der Waals surface area contributed by atoms with E-state index in [1.807, 2.05) is 27.7 Å². The Hall–Kier alpha value is 0.0600. The average Bonchev–Trinajstić information content (AvgIpc) is 2.76. The second-order valence-electron chi connectivity index (χ2n) is 11.5. The summed E-state index contributed by atoms with van der Waals surface area (Å²) in [7, 11) is -6.51. The van der Waals surface area contributed by atoms with Gasteiger partial charge < -0.3 is 38.2 Å². The van der Waals surface area contributed by atoms with Crippen molar-refractivity contribution in [3.05, 3.63) is 0 Å².